The second-order valence-corrected chi connectivity index (χ2v) is 3.26. The third-order valence-electron chi connectivity index (χ3n) is 2.28. The summed E-state index contributed by atoms with van der Waals surface area (Å²) >= 11 is 0. The molecule has 2 rings (SSSR count). The number of fused-ring (bicyclic) bond motifs is 1. The van der Waals surface area contributed by atoms with E-state index in [-0.39, 0.29) is 6.10 Å². The van der Waals surface area contributed by atoms with Crippen LogP contribution in [0.4, 0.5) is 0 Å². The first-order valence-electron chi connectivity index (χ1n) is 4.12. The maximum atomic E-state index is 9.45. The van der Waals surface area contributed by atoms with Gasteiger partial charge in [-0.3, -0.25) is 0 Å². The van der Waals surface area contributed by atoms with Crippen LogP contribution < -0.4 is 0 Å². The van der Waals surface area contributed by atoms with Gasteiger partial charge in [0.25, 0.3) is 0 Å². The van der Waals surface area contributed by atoms with Crippen LogP contribution in [-0.2, 0) is 4.74 Å². The molecule has 0 amide bonds. The van der Waals surface area contributed by atoms with E-state index in [1.165, 1.54) is 0 Å². The molecular weight excluding hydrogens is 152 g/mol. The summed E-state index contributed by atoms with van der Waals surface area (Å²) in [5.41, 5.74) is 3.18. The highest BCUT2D eigenvalue weighted by molar-refractivity contribution is 5.36. The number of rotatable bonds is 0. The van der Waals surface area contributed by atoms with Gasteiger partial charge in [-0.25, -0.2) is 0 Å². The molecule has 1 aliphatic heterocycles. The number of hydrogen-bond donors (Lipinski definition) is 1. The summed E-state index contributed by atoms with van der Waals surface area (Å²) in [5.74, 6) is 0. The van der Waals surface area contributed by atoms with Gasteiger partial charge in [0.2, 0.25) is 0 Å². The van der Waals surface area contributed by atoms with Crippen molar-refractivity contribution >= 4 is 0 Å². The van der Waals surface area contributed by atoms with E-state index in [0.717, 1.165) is 16.7 Å². The average molecular weight is 164 g/mol. The molecule has 64 valence electrons. The molecule has 1 N–H and O–H groups in total. The summed E-state index contributed by atoms with van der Waals surface area (Å²) in [6, 6.07) is 6.03. The molecule has 0 saturated heterocycles. The third kappa shape index (κ3) is 1.04. The van der Waals surface area contributed by atoms with Gasteiger partial charge in [0.15, 0.2) is 6.29 Å². The smallest absolute Gasteiger partial charge is 0.182 e. The van der Waals surface area contributed by atoms with Gasteiger partial charge in [-0.15, -0.1) is 0 Å². The monoisotopic (exact) mass is 164 g/mol. The van der Waals surface area contributed by atoms with Crippen molar-refractivity contribution in [1.82, 2.24) is 0 Å². The zero-order valence-electron chi connectivity index (χ0n) is 7.24. The SMILES string of the molecule is Cc1ccc2c(c1)C(O)OC2C. The summed E-state index contributed by atoms with van der Waals surface area (Å²) < 4.78 is 5.24. The van der Waals surface area contributed by atoms with E-state index in [0.29, 0.717) is 0 Å². The average Bonchev–Trinajstić information content (AvgIpc) is 2.28. The maximum Gasteiger partial charge on any atom is 0.182 e. The van der Waals surface area contributed by atoms with Gasteiger partial charge in [0.05, 0.1) is 6.10 Å². The number of aliphatic hydroxyl groups excluding tert-OH is 1. The molecular formula is C10H12O2. The van der Waals surface area contributed by atoms with Crippen LogP contribution in [0.1, 0.15) is 36.0 Å². The lowest BCUT2D eigenvalue weighted by Gasteiger charge is -2.02. The topological polar surface area (TPSA) is 29.5 Å². The molecule has 2 nitrogen and oxygen atoms in total. The van der Waals surface area contributed by atoms with Crippen molar-refractivity contribution in [1.29, 1.82) is 0 Å². The highest BCUT2D eigenvalue weighted by Crippen LogP contribution is 2.37. The predicted octanol–water partition coefficient (Wildman–Crippen LogP) is 2.08. The maximum absolute atomic E-state index is 9.45. The lowest BCUT2D eigenvalue weighted by Crippen LogP contribution is -1.93. The molecule has 0 spiro atoms. The Morgan fingerprint density at radius 2 is 2.08 bits per heavy atom. The van der Waals surface area contributed by atoms with Crippen LogP contribution in [0, 0.1) is 6.92 Å². The Hall–Kier alpha value is -0.860. The molecule has 1 heterocycles. The summed E-state index contributed by atoms with van der Waals surface area (Å²) in [5, 5.41) is 9.45. The molecule has 1 aliphatic rings. The third-order valence-corrected chi connectivity index (χ3v) is 2.28. The van der Waals surface area contributed by atoms with Crippen LogP contribution in [0.3, 0.4) is 0 Å². The summed E-state index contributed by atoms with van der Waals surface area (Å²) in [6.07, 6.45) is -0.703. The van der Waals surface area contributed by atoms with Crippen LogP contribution in [-0.4, -0.2) is 5.11 Å². The van der Waals surface area contributed by atoms with Crippen molar-refractivity contribution in [2.24, 2.45) is 0 Å². The van der Waals surface area contributed by atoms with Crippen molar-refractivity contribution in [2.75, 3.05) is 0 Å². The molecule has 1 aromatic rings. The molecule has 0 aliphatic carbocycles. The fraction of sp³-hybridized carbons (Fsp3) is 0.400. The Morgan fingerprint density at radius 1 is 1.33 bits per heavy atom. The fourth-order valence-electron chi connectivity index (χ4n) is 1.62. The number of aliphatic hydroxyl groups is 1. The molecule has 0 bridgehead atoms. The second-order valence-electron chi connectivity index (χ2n) is 3.26. The molecule has 2 heteroatoms. The minimum atomic E-state index is -0.727. The molecule has 0 radical (unpaired) electrons. The number of ether oxygens (including phenoxy) is 1. The van der Waals surface area contributed by atoms with Gasteiger partial charge in [-0.2, -0.15) is 0 Å². The standard InChI is InChI=1S/C10H12O2/c1-6-3-4-8-7(2)12-10(11)9(8)5-6/h3-5,7,10-11H,1-2H3. The minimum absolute atomic E-state index is 0.0237. The van der Waals surface area contributed by atoms with E-state index >= 15 is 0 Å². The molecule has 0 aromatic heterocycles. The van der Waals surface area contributed by atoms with Gasteiger partial charge in [0, 0.05) is 5.56 Å². The second kappa shape index (κ2) is 2.57. The van der Waals surface area contributed by atoms with E-state index in [4.69, 9.17) is 4.74 Å². The number of benzene rings is 1. The summed E-state index contributed by atoms with van der Waals surface area (Å²) in [7, 11) is 0. The first-order chi connectivity index (χ1) is 5.68. The molecule has 2 atom stereocenters. The first kappa shape index (κ1) is 7.77. The molecule has 0 fully saturated rings. The Kier molecular flexibility index (Phi) is 1.67. The van der Waals surface area contributed by atoms with Gasteiger partial charge in [-0.05, 0) is 19.4 Å². The zero-order valence-corrected chi connectivity index (χ0v) is 7.24. The first-order valence-corrected chi connectivity index (χ1v) is 4.12. The quantitative estimate of drug-likeness (QED) is 0.636. The molecule has 1 aromatic carbocycles. The molecule has 0 saturated carbocycles. The van der Waals surface area contributed by atoms with E-state index < -0.39 is 6.29 Å². The summed E-state index contributed by atoms with van der Waals surface area (Å²) in [6.45, 7) is 3.96. The Labute approximate surface area is 71.8 Å². The van der Waals surface area contributed by atoms with Gasteiger partial charge in [0.1, 0.15) is 0 Å². The lowest BCUT2D eigenvalue weighted by molar-refractivity contribution is -0.115. The van der Waals surface area contributed by atoms with Crippen molar-refractivity contribution in [3.05, 3.63) is 34.9 Å². The van der Waals surface area contributed by atoms with E-state index in [1.807, 2.05) is 32.0 Å². The fourth-order valence-corrected chi connectivity index (χ4v) is 1.62. The zero-order chi connectivity index (χ0) is 8.72. The number of hydrogen-bond acceptors (Lipinski definition) is 2. The van der Waals surface area contributed by atoms with E-state index in [2.05, 4.69) is 0 Å². The van der Waals surface area contributed by atoms with Crippen molar-refractivity contribution in [3.63, 3.8) is 0 Å². The number of aryl methyl sites for hydroxylation is 1. The highest BCUT2D eigenvalue weighted by Gasteiger charge is 2.26. The van der Waals surface area contributed by atoms with Crippen molar-refractivity contribution in [3.8, 4) is 0 Å². The van der Waals surface area contributed by atoms with Gasteiger partial charge < -0.3 is 9.84 Å². The van der Waals surface area contributed by atoms with Crippen LogP contribution >= 0.6 is 0 Å². The Bertz CT molecular complexity index is 307. The molecule has 2 unspecified atom stereocenters. The van der Waals surface area contributed by atoms with Crippen molar-refractivity contribution in [2.45, 2.75) is 26.2 Å². The minimum Gasteiger partial charge on any atom is -0.364 e. The largest absolute Gasteiger partial charge is 0.364 e. The predicted molar refractivity (Wildman–Crippen MR) is 45.6 cm³/mol. The lowest BCUT2D eigenvalue weighted by atomic mass is 10.0. The van der Waals surface area contributed by atoms with Crippen LogP contribution in [0.2, 0.25) is 0 Å². The van der Waals surface area contributed by atoms with Crippen LogP contribution in [0.5, 0.6) is 0 Å². The Balaban J connectivity index is 2.53. The molecule has 12 heavy (non-hydrogen) atoms. The van der Waals surface area contributed by atoms with Gasteiger partial charge in [-0.1, -0.05) is 23.8 Å². The van der Waals surface area contributed by atoms with Crippen LogP contribution in [0.15, 0.2) is 18.2 Å². The van der Waals surface area contributed by atoms with E-state index in [9.17, 15) is 5.11 Å². The Morgan fingerprint density at radius 3 is 2.83 bits per heavy atom. The van der Waals surface area contributed by atoms with Crippen molar-refractivity contribution < 1.29 is 9.84 Å². The normalized spacial score (nSPS) is 27.2. The van der Waals surface area contributed by atoms with Gasteiger partial charge >= 0.3 is 0 Å². The highest BCUT2D eigenvalue weighted by atomic mass is 16.6. The van der Waals surface area contributed by atoms with Crippen LogP contribution in [0.25, 0.3) is 0 Å². The van der Waals surface area contributed by atoms with E-state index in [1.54, 1.807) is 0 Å². The summed E-state index contributed by atoms with van der Waals surface area (Å²) in [4.78, 5) is 0.